The SMILES string of the molecule is COc1ccc(CNC(=O)CCC2N=C3c4ccccc4N=C(SCc4ccc(Cl)cc4)N3C2=O)cc1. The maximum absolute atomic E-state index is 13.4. The van der Waals surface area contributed by atoms with Gasteiger partial charge in [0.05, 0.1) is 12.8 Å². The quantitative estimate of drug-likeness (QED) is 0.424. The number of amidine groups is 2. The van der Waals surface area contributed by atoms with Crippen molar-refractivity contribution in [2.45, 2.75) is 31.2 Å². The van der Waals surface area contributed by atoms with Crippen molar-refractivity contribution in [3.05, 3.63) is 94.5 Å². The van der Waals surface area contributed by atoms with Crippen LogP contribution in [0.4, 0.5) is 5.69 Å². The molecule has 0 saturated carbocycles. The number of methoxy groups -OCH3 is 1. The Morgan fingerprint density at radius 2 is 1.78 bits per heavy atom. The lowest BCUT2D eigenvalue weighted by atomic mass is 10.1. The minimum atomic E-state index is -0.630. The molecule has 2 aliphatic heterocycles. The highest BCUT2D eigenvalue weighted by molar-refractivity contribution is 8.13. The summed E-state index contributed by atoms with van der Waals surface area (Å²) < 4.78 is 5.16. The summed E-state index contributed by atoms with van der Waals surface area (Å²) in [5, 5.41) is 4.18. The summed E-state index contributed by atoms with van der Waals surface area (Å²) >= 11 is 7.48. The highest BCUT2D eigenvalue weighted by Gasteiger charge is 2.41. The van der Waals surface area contributed by atoms with Crippen molar-refractivity contribution in [2.75, 3.05) is 7.11 Å². The van der Waals surface area contributed by atoms with Gasteiger partial charge in [-0.3, -0.25) is 14.6 Å². The van der Waals surface area contributed by atoms with E-state index in [-0.39, 0.29) is 18.2 Å². The van der Waals surface area contributed by atoms with Gasteiger partial charge in [-0.2, -0.15) is 0 Å². The summed E-state index contributed by atoms with van der Waals surface area (Å²) in [6.07, 6.45) is 0.522. The van der Waals surface area contributed by atoms with Crippen LogP contribution in [0.3, 0.4) is 0 Å². The fourth-order valence-electron chi connectivity index (χ4n) is 4.12. The number of carbonyl (C=O) groups is 2. The van der Waals surface area contributed by atoms with Gasteiger partial charge in [0, 0.05) is 29.3 Å². The molecule has 0 radical (unpaired) electrons. The zero-order chi connectivity index (χ0) is 25.8. The number of halogens is 1. The highest BCUT2D eigenvalue weighted by atomic mass is 35.5. The lowest BCUT2D eigenvalue weighted by Gasteiger charge is -2.25. The molecule has 0 aromatic heterocycles. The predicted molar refractivity (Wildman–Crippen MR) is 148 cm³/mol. The topological polar surface area (TPSA) is 83.4 Å². The van der Waals surface area contributed by atoms with E-state index in [4.69, 9.17) is 26.3 Å². The van der Waals surface area contributed by atoms with E-state index in [1.165, 1.54) is 11.8 Å². The van der Waals surface area contributed by atoms with Crippen molar-refractivity contribution in [2.24, 2.45) is 9.98 Å². The van der Waals surface area contributed by atoms with Crippen LogP contribution in [0.15, 0.2) is 82.8 Å². The second kappa shape index (κ2) is 11.2. The number of hydrogen-bond donors (Lipinski definition) is 1. The molecular weight excluding hydrogens is 508 g/mol. The third-order valence-electron chi connectivity index (χ3n) is 6.12. The number of ether oxygens (including phenoxy) is 1. The molecule has 0 bridgehead atoms. The second-order valence-electron chi connectivity index (χ2n) is 8.63. The fraction of sp³-hybridized carbons (Fsp3) is 0.214. The van der Waals surface area contributed by atoms with Crippen LogP contribution in [0.25, 0.3) is 0 Å². The molecule has 7 nitrogen and oxygen atoms in total. The maximum atomic E-state index is 13.4. The Bertz CT molecular complexity index is 1370. The molecule has 2 aliphatic rings. The molecule has 2 amide bonds. The zero-order valence-corrected chi connectivity index (χ0v) is 21.8. The average molecular weight is 533 g/mol. The van der Waals surface area contributed by atoms with Crippen molar-refractivity contribution >= 4 is 51.9 Å². The number of thioether (sulfide) groups is 1. The number of nitrogens with zero attached hydrogens (tertiary/aromatic N) is 3. The molecule has 1 unspecified atom stereocenters. The standard InChI is InChI=1S/C28H25ClN4O3S/c1-36-21-12-8-18(9-13-21)16-30-25(34)15-14-24-27(35)33-26(31-24)22-4-2-3-5-23(22)32-28(33)37-17-19-6-10-20(29)11-7-19/h2-13,24H,14-17H2,1H3,(H,30,34). The summed E-state index contributed by atoms with van der Waals surface area (Å²) in [4.78, 5) is 37.1. The minimum Gasteiger partial charge on any atom is -0.497 e. The third kappa shape index (κ3) is 5.70. The number of para-hydroxylation sites is 1. The van der Waals surface area contributed by atoms with Crippen LogP contribution in [0.5, 0.6) is 5.75 Å². The van der Waals surface area contributed by atoms with E-state index in [1.807, 2.05) is 72.8 Å². The number of fused-ring (bicyclic) bond motifs is 3. The first kappa shape index (κ1) is 25.0. The molecule has 0 spiro atoms. The summed E-state index contributed by atoms with van der Waals surface area (Å²) in [5.41, 5.74) is 3.64. The Balaban J connectivity index is 1.25. The molecule has 37 heavy (non-hydrogen) atoms. The van der Waals surface area contributed by atoms with E-state index in [9.17, 15) is 9.59 Å². The van der Waals surface area contributed by atoms with E-state index >= 15 is 0 Å². The van der Waals surface area contributed by atoms with Gasteiger partial charge < -0.3 is 10.1 Å². The smallest absolute Gasteiger partial charge is 0.259 e. The first-order valence-corrected chi connectivity index (χ1v) is 13.2. The van der Waals surface area contributed by atoms with Gasteiger partial charge in [-0.15, -0.1) is 0 Å². The lowest BCUT2D eigenvalue weighted by molar-refractivity contribution is -0.125. The van der Waals surface area contributed by atoms with Crippen LogP contribution < -0.4 is 10.1 Å². The predicted octanol–water partition coefficient (Wildman–Crippen LogP) is 5.34. The Kier molecular flexibility index (Phi) is 7.58. The highest BCUT2D eigenvalue weighted by Crippen LogP contribution is 2.35. The van der Waals surface area contributed by atoms with Gasteiger partial charge in [-0.05, 0) is 53.9 Å². The number of hydrogen-bond acceptors (Lipinski definition) is 6. The van der Waals surface area contributed by atoms with Gasteiger partial charge in [0.2, 0.25) is 5.91 Å². The maximum Gasteiger partial charge on any atom is 0.259 e. The van der Waals surface area contributed by atoms with Gasteiger partial charge in [0.25, 0.3) is 5.91 Å². The van der Waals surface area contributed by atoms with E-state index in [1.54, 1.807) is 12.0 Å². The Morgan fingerprint density at radius 3 is 2.54 bits per heavy atom. The molecular formula is C28H25ClN4O3S. The number of aliphatic imine (C=N–C) groups is 2. The molecule has 5 rings (SSSR count). The van der Waals surface area contributed by atoms with E-state index in [0.29, 0.717) is 34.7 Å². The second-order valence-corrected chi connectivity index (χ2v) is 10.0. The summed E-state index contributed by atoms with van der Waals surface area (Å²) in [6.45, 7) is 0.410. The Morgan fingerprint density at radius 1 is 1.05 bits per heavy atom. The normalized spacial score (nSPS) is 16.0. The van der Waals surface area contributed by atoms with Crippen LogP contribution in [0.2, 0.25) is 5.02 Å². The Hall–Kier alpha value is -3.62. The van der Waals surface area contributed by atoms with E-state index in [0.717, 1.165) is 28.1 Å². The average Bonchev–Trinajstić information content (AvgIpc) is 3.27. The van der Waals surface area contributed by atoms with Crippen LogP contribution in [0, 0.1) is 0 Å². The van der Waals surface area contributed by atoms with Crippen molar-refractivity contribution in [3.63, 3.8) is 0 Å². The van der Waals surface area contributed by atoms with Crippen molar-refractivity contribution in [1.82, 2.24) is 10.2 Å². The molecule has 3 aromatic carbocycles. The molecule has 0 aliphatic carbocycles. The van der Waals surface area contributed by atoms with E-state index < -0.39 is 6.04 Å². The van der Waals surface area contributed by atoms with Gasteiger partial charge in [-0.25, -0.2) is 9.89 Å². The molecule has 2 heterocycles. The van der Waals surface area contributed by atoms with Gasteiger partial charge >= 0.3 is 0 Å². The number of benzene rings is 3. The molecule has 0 fully saturated rings. The summed E-state index contributed by atoms with van der Waals surface area (Å²) in [5.74, 6) is 1.71. The molecule has 9 heteroatoms. The number of carbonyl (C=O) groups excluding carboxylic acids is 2. The molecule has 1 N–H and O–H groups in total. The number of amides is 2. The van der Waals surface area contributed by atoms with Gasteiger partial charge in [0.1, 0.15) is 17.6 Å². The third-order valence-corrected chi connectivity index (χ3v) is 7.38. The van der Waals surface area contributed by atoms with Crippen molar-refractivity contribution in [3.8, 4) is 5.75 Å². The van der Waals surface area contributed by atoms with E-state index in [2.05, 4.69) is 5.32 Å². The summed E-state index contributed by atoms with van der Waals surface area (Å²) in [7, 11) is 1.61. The van der Waals surface area contributed by atoms with Crippen LogP contribution in [0.1, 0.15) is 29.5 Å². The first-order chi connectivity index (χ1) is 18.0. The first-order valence-electron chi connectivity index (χ1n) is 11.9. The molecule has 188 valence electrons. The summed E-state index contributed by atoms with van der Waals surface area (Å²) in [6, 6.07) is 22.2. The monoisotopic (exact) mass is 532 g/mol. The lowest BCUT2D eigenvalue weighted by Crippen LogP contribution is -2.41. The molecule has 1 atom stereocenters. The number of rotatable bonds is 8. The Labute approximate surface area is 224 Å². The van der Waals surface area contributed by atoms with Crippen molar-refractivity contribution in [1.29, 1.82) is 0 Å². The largest absolute Gasteiger partial charge is 0.497 e. The zero-order valence-electron chi connectivity index (χ0n) is 20.2. The minimum absolute atomic E-state index is 0.125. The van der Waals surface area contributed by atoms with Gasteiger partial charge in [0.15, 0.2) is 5.17 Å². The van der Waals surface area contributed by atoms with Crippen LogP contribution >= 0.6 is 23.4 Å². The van der Waals surface area contributed by atoms with Crippen molar-refractivity contribution < 1.29 is 14.3 Å². The van der Waals surface area contributed by atoms with Crippen LogP contribution in [-0.2, 0) is 21.9 Å². The molecule has 3 aromatic rings. The molecule has 0 saturated heterocycles. The fourth-order valence-corrected chi connectivity index (χ4v) is 5.20. The van der Waals surface area contributed by atoms with Gasteiger partial charge in [-0.1, -0.05) is 59.8 Å². The van der Waals surface area contributed by atoms with Crippen LogP contribution in [-0.4, -0.2) is 40.9 Å². The number of nitrogens with one attached hydrogen (secondary N) is 1.